The second-order valence-corrected chi connectivity index (χ2v) is 9.25. The highest BCUT2D eigenvalue weighted by Crippen LogP contribution is 2.32. The number of aliphatic hydroxyl groups is 1. The number of rotatable bonds is 6. The quantitative estimate of drug-likeness (QED) is 0.706. The summed E-state index contributed by atoms with van der Waals surface area (Å²) in [5.74, 6) is -0.190. The van der Waals surface area contributed by atoms with Crippen molar-refractivity contribution in [3.63, 3.8) is 0 Å². The molecule has 0 radical (unpaired) electrons. The van der Waals surface area contributed by atoms with Crippen LogP contribution in [0.4, 0.5) is 0 Å². The van der Waals surface area contributed by atoms with Crippen LogP contribution in [0, 0.1) is 5.92 Å². The number of hydrogen-bond acceptors (Lipinski definition) is 6. The number of ether oxygens (including phenoxy) is 1. The summed E-state index contributed by atoms with van der Waals surface area (Å²) in [5, 5.41) is 9.83. The first-order valence-corrected chi connectivity index (χ1v) is 11.8. The number of amides is 2. The number of carbonyl (C=O) groups is 2. The Balaban J connectivity index is 1.65. The number of likely N-dealkylation sites (N-methyl/N-ethyl adjacent to an activating group) is 1. The molecule has 180 valence electrons. The van der Waals surface area contributed by atoms with Crippen molar-refractivity contribution >= 4 is 17.4 Å². The summed E-state index contributed by atoms with van der Waals surface area (Å²) >= 11 is 0. The predicted molar refractivity (Wildman–Crippen MR) is 128 cm³/mol. The van der Waals surface area contributed by atoms with Crippen LogP contribution in [-0.2, 0) is 0 Å². The van der Waals surface area contributed by atoms with Gasteiger partial charge in [-0.25, -0.2) is 4.98 Å². The van der Waals surface area contributed by atoms with Crippen LogP contribution in [0.15, 0.2) is 42.9 Å². The molecule has 2 amide bonds. The topological polar surface area (TPSA) is 95.9 Å². The summed E-state index contributed by atoms with van der Waals surface area (Å²) in [6, 6.07) is 4.96. The molecule has 3 atom stereocenters. The molecule has 0 fully saturated rings. The molecular weight excluding hydrogens is 432 g/mol. The minimum absolute atomic E-state index is 0.103. The van der Waals surface area contributed by atoms with Gasteiger partial charge in [0.2, 0.25) is 5.88 Å². The molecule has 1 aliphatic carbocycles. The molecule has 8 nitrogen and oxygen atoms in total. The first-order valence-electron chi connectivity index (χ1n) is 11.8. The Morgan fingerprint density at radius 1 is 1.38 bits per heavy atom. The lowest BCUT2D eigenvalue weighted by Crippen LogP contribution is -2.50. The van der Waals surface area contributed by atoms with Crippen molar-refractivity contribution in [2.45, 2.75) is 45.3 Å². The van der Waals surface area contributed by atoms with Gasteiger partial charge in [0, 0.05) is 38.1 Å². The zero-order valence-electron chi connectivity index (χ0n) is 20.0. The van der Waals surface area contributed by atoms with E-state index in [2.05, 4.69) is 16.0 Å². The van der Waals surface area contributed by atoms with Gasteiger partial charge in [0.15, 0.2) is 0 Å². The van der Waals surface area contributed by atoms with Gasteiger partial charge in [-0.1, -0.05) is 13.0 Å². The Labute approximate surface area is 200 Å². The minimum Gasteiger partial charge on any atom is -0.472 e. The van der Waals surface area contributed by atoms with Crippen LogP contribution in [0.5, 0.6) is 5.88 Å². The van der Waals surface area contributed by atoms with Crippen LogP contribution in [0.1, 0.15) is 59.4 Å². The molecule has 0 saturated heterocycles. The fourth-order valence-corrected chi connectivity index (χ4v) is 4.49. The van der Waals surface area contributed by atoms with E-state index in [0.29, 0.717) is 24.2 Å². The van der Waals surface area contributed by atoms with Crippen molar-refractivity contribution in [3.05, 3.63) is 59.6 Å². The lowest BCUT2D eigenvalue weighted by Gasteiger charge is -2.37. The smallest absolute Gasteiger partial charge is 0.259 e. The van der Waals surface area contributed by atoms with Crippen molar-refractivity contribution in [3.8, 4) is 5.88 Å². The van der Waals surface area contributed by atoms with Crippen molar-refractivity contribution < 1.29 is 19.4 Å². The van der Waals surface area contributed by atoms with Gasteiger partial charge in [0.25, 0.3) is 11.8 Å². The maximum atomic E-state index is 13.5. The van der Waals surface area contributed by atoms with E-state index in [0.717, 1.165) is 24.8 Å². The lowest BCUT2D eigenvalue weighted by molar-refractivity contribution is 0.0313. The largest absolute Gasteiger partial charge is 0.472 e. The van der Waals surface area contributed by atoms with Gasteiger partial charge in [0.05, 0.1) is 24.8 Å². The van der Waals surface area contributed by atoms with Gasteiger partial charge >= 0.3 is 0 Å². The Morgan fingerprint density at radius 3 is 2.88 bits per heavy atom. The third kappa shape index (κ3) is 4.97. The molecule has 3 heterocycles. The molecule has 0 spiro atoms. The van der Waals surface area contributed by atoms with Gasteiger partial charge in [-0.15, -0.1) is 0 Å². The number of aliphatic hydroxyl groups excluding tert-OH is 1. The normalized spacial score (nSPS) is 21.1. The molecule has 0 bridgehead atoms. The van der Waals surface area contributed by atoms with Crippen LogP contribution < -0.4 is 4.74 Å². The highest BCUT2D eigenvalue weighted by atomic mass is 16.5. The van der Waals surface area contributed by atoms with Gasteiger partial charge in [0.1, 0.15) is 11.7 Å². The van der Waals surface area contributed by atoms with E-state index in [4.69, 9.17) is 4.74 Å². The monoisotopic (exact) mass is 464 g/mol. The molecule has 1 N–H and O–H groups in total. The zero-order valence-corrected chi connectivity index (χ0v) is 20.0. The van der Waals surface area contributed by atoms with E-state index in [1.807, 2.05) is 19.9 Å². The Hall–Kier alpha value is -3.26. The second kappa shape index (κ2) is 10.3. The number of allylic oxidation sites excluding steroid dienone is 2. The van der Waals surface area contributed by atoms with Gasteiger partial charge in [-0.05, 0) is 55.5 Å². The SMILES string of the molecule is C[C@H]1CN([C@@H](C)CO)C(=O)c2cc(C3=CCCC3)cnc2O[C@H]1CN(C)C(=O)c1cccnc1. The van der Waals surface area contributed by atoms with Crippen LogP contribution >= 0.6 is 0 Å². The molecule has 0 unspecified atom stereocenters. The van der Waals surface area contributed by atoms with Crippen LogP contribution in [0.2, 0.25) is 0 Å². The second-order valence-electron chi connectivity index (χ2n) is 9.25. The minimum atomic E-state index is -0.394. The Bertz CT molecular complexity index is 1070. The molecule has 1 aliphatic heterocycles. The molecule has 0 aromatic carbocycles. The van der Waals surface area contributed by atoms with Crippen LogP contribution in [-0.4, -0.2) is 75.6 Å². The van der Waals surface area contributed by atoms with E-state index in [9.17, 15) is 14.7 Å². The summed E-state index contributed by atoms with van der Waals surface area (Å²) in [4.78, 5) is 38.3. The van der Waals surface area contributed by atoms with E-state index in [-0.39, 0.29) is 36.3 Å². The average Bonchev–Trinajstić information content (AvgIpc) is 3.40. The lowest BCUT2D eigenvalue weighted by atomic mass is 9.99. The maximum Gasteiger partial charge on any atom is 0.259 e. The third-order valence-corrected chi connectivity index (χ3v) is 6.64. The number of nitrogens with zero attached hydrogens (tertiary/aromatic N) is 4. The summed E-state index contributed by atoms with van der Waals surface area (Å²) in [5.41, 5.74) is 3.02. The average molecular weight is 465 g/mol. The van der Waals surface area contributed by atoms with Crippen molar-refractivity contribution in [2.75, 3.05) is 26.7 Å². The molecule has 4 rings (SSSR count). The first-order chi connectivity index (χ1) is 16.4. The van der Waals surface area contributed by atoms with E-state index < -0.39 is 6.10 Å². The predicted octanol–water partition coefficient (Wildman–Crippen LogP) is 3.04. The number of carbonyl (C=O) groups excluding carboxylic acids is 2. The van der Waals surface area contributed by atoms with Crippen LogP contribution in [0.25, 0.3) is 5.57 Å². The number of hydrogen-bond donors (Lipinski definition) is 1. The molecule has 8 heteroatoms. The van der Waals surface area contributed by atoms with Gasteiger partial charge in [-0.3, -0.25) is 14.6 Å². The number of fused-ring (bicyclic) bond motifs is 1. The fraction of sp³-hybridized carbons (Fsp3) is 0.462. The fourth-order valence-electron chi connectivity index (χ4n) is 4.49. The van der Waals surface area contributed by atoms with Crippen LogP contribution in [0.3, 0.4) is 0 Å². The molecule has 0 saturated carbocycles. The van der Waals surface area contributed by atoms with Gasteiger partial charge in [-0.2, -0.15) is 0 Å². The summed E-state index contributed by atoms with van der Waals surface area (Å²) < 4.78 is 6.31. The molecule has 2 aliphatic rings. The van der Waals surface area contributed by atoms with E-state index in [1.54, 1.807) is 47.6 Å². The first kappa shape index (κ1) is 23.9. The molecule has 2 aromatic rings. The highest BCUT2D eigenvalue weighted by molar-refractivity contribution is 5.97. The van der Waals surface area contributed by atoms with Crippen molar-refractivity contribution in [2.24, 2.45) is 5.92 Å². The number of aromatic nitrogens is 2. The Morgan fingerprint density at radius 2 is 2.21 bits per heavy atom. The van der Waals surface area contributed by atoms with Gasteiger partial charge < -0.3 is 19.6 Å². The number of pyridine rings is 2. The maximum absolute atomic E-state index is 13.5. The molecule has 2 aromatic heterocycles. The Kier molecular flexibility index (Phi) is 7.26. The van der Waals surface area contributed by atoms with E-state index in [1.165, 1.54) is 5.57 Å². The van der Waals surface area contributed by atoms with Crippen molar-refractivity contribution in [1.82, 2.24) is 19.8 Å². The van der Waals surface area contributed by atoms with E-state index >= 15 is 0 Å². The summed E-state index contributed by atoms with van der Waals surface area (Å²) in [6.07, 6.45) is 9.82. The standard InChI is InChI=1S/C26H32N4O4/c1-17-14-30(18(2)16-31)26(33)22-11-21(19-7-4-5-8-19)13-28-24(22)34-23(17)15-29(3)25(32)20-9-6-10-27-12-20/h6-7,9-13,17-18,23,31H,4-5,8,14-16H2,1-3H3/t17-,18-,23-/m0/s1. The zero-order chi connectivity index (χ0) is 24.2. The third-order valence-electron chi connectivity index (χ3n) is 6.64. The summed E-state index contributed by atoms with van der Waals surface area (Å²) in [7, 11) is 1.73. The molecule has 34 heavy (non-hydrogen) atoms. The highest BCUT2D eigenvalue weighted by Gasteiger charge is 2.35. The molecular formula is C26H32N4O4. The summed E-state index contributed by atoms with van der Waals surface area (Å²) in [6.45, 7) is 4.39. The van der Waals surface area contributed by atoms with Crippen molar-refractivity contribution in [1.29, 1.82) is 0 Å².